The largest absolute Gasteiger partial charge is 0.353 e. The van der Waals surface area contributed by atoms with Crippen LogP contribution in [0, 0.1) is 5.92 Å². The normalized spacial score (nSPS) is 16.2. The Morgan fingerprint density at radius 3 is 2.80 bits per heavy atom. The molecule has 0 aromatic carbocycles. The van der Waals surface area contributed by atoms with Crippen LogP contribution >= 0.6 is 0 Å². The molecule has 20 heavy (non-hydrogen) atoms. The lowest BCUT2D eigenvalue weighted by Crippen LogP contribution is -2.56. The molecule has 1 aliphatic heterocycles. The van der Waals surface area contributed by atoms with Gasteiger partial charge in [0, 0.05) is 31.0 Å². The van der Waals surface area contributed by atoms with Crippen LogP contribution in [-0.4, -0.2) is 39.1 Å². The zero-order chi connectivity index (χ0) is 14.3. The molecule has 1 aliphatic rings. The molecule has 0 aliphatic carbocycles. The number of nitrogens with one attached hydrogen (secondary N) is 1. The molecule has 1 amide bonds. The average molecular weight is 273 g/mol. The SMILES string of the molecule is CC(C)(C)NC(=O)C1CN(c2nccn3nccc23)C1. The number of amides is 1. The zero-order valence-electron chi connectivity index (χ0n) is 12.0. The summed E-state index contributed by atoms with van der Waals surface area (Å²) in [5.74, 6) is 1.05. The molecule has 0 bridgehead atoms. The number of nitrogens with zero attached hydrogens (tertiary/aromatic N) is 4. The fraction of sp³-hybridized carbons (Fsp3) is 0.500. The van der Waals surface area contributed by atoms with Crippen LogP contribution in [0.2, 0.25) is 0 Å². The van der Waals surface area contributed by atoms with Crippen molar-refractivity contribution in [2.75, 3.05) is 18.0 Å². The van der Waals surface area contributed by atoms with Gasteiger partial charge in [0.1, 0.15) is 5.52 Å². The molecule has 0 atom stereocenters. The third-order valence-corrected chi connectivity index (χ3v) is 3.35. The molecule has 0 radical (unpaired) electrons. The monoisotopic (exact) mass is 273 g/mol. The van der Waals surface area contributed by atoms with Gasteiger partial charge >= 0.3 is 0 Å². The minimum absolute atomic E-state index is 0.0409. The summed E-state index contributed by atoms with van der Waals surface area (Å²) in [6.45, 7) is 7.40. The smallest absolute Gasteiger partial charge is 0.227 e. The van der Waals surface area contributed by atoms with Gasteiger partial charge in [-0.3, -0.25) is 4.79 Å². The Bertz CT molecular complexity index is 636. The van der Waals surface area contributed by atoms with Gasteiger partial charge in [0.2, 0.25) is 5.91 Å². The molecular weight excluding hydrogens is 254 g/mol. The Morgan fingerprint density at radius 2 is 2.10 bits per heavy atom. The van der Waals surface area contributed by atoms with Crippen LogP contribution in [0.4, 0.5) is 5.82 Å². The molecule has 2 aromatic heterocycles. The Kier molecular flexibility index (Phi) is 2.88. The maximum Gasteiger partial charge on any atom is 0.227 e. The first-order valence-electron chi connectivity index (χ1n) is 6.79. The topological polar surface area (TPSA) is 62.5 Å². The van der Waals surface area contributed by atoms with Gasteiger partial charge in [-0.1, -0.05) is 0 Å². The minimum atomic E-state index is -0.179. The van der Waals surface area contributed by atoms with Crippen LogP contribution < -0.4 is 10.2 Å². The summed E-state index contributed by atoms with van der Waals surface area (Å²) in [6.07, 6.45) is 5.31. The first-order valence-corrected chi connectivity index (χ1v) is 6.79. The number of anilines is 1. The molecule has 6 nitrogen and oxygen atoms in total. The summed E-state index contributed by atoms with van der Waals surface area (Å²) in [5, 5.41) is 7.22. The lowest BCUT2D eigenvalue weighted by atomic mass is 9.97. The highest BCUT2D eigenvalue weighted by molar-refractivity contribution is 5.83. The van der Waals surface area contributed by atoms with Crippen LogP contribution in [-0.2, 0) is 4.79 Å². The third kappa shape index (κ3) is 2.33. The zero-order valence-corrected chi connectivity index (χ0v) is 12.0. The van der Waals surface area contributed by atoms with E-state index in [1.54, 1.807) is 16.9 Å². The molecular formula is C14H19N5O. The predicted molar refractivity (Wildman–Crippen MR) is 76.6 cm³/mol. The van der Waals surface area contributed by atoms with Crippen molar-refractivity contribution < 1.29 is 4.79 Å². The van der Waals surface area contributed by atoms with E-state index >= 15 is 0 Å². The molecule has 106 valence electrons. The van der Waals surface area contributed by atoms with Gasteiger partial charge in [0.25, 0.3) is 0 Å². The van der Waals surface area contributed by atoms with E-state index in [-0.39, 0.29) is 17.4 Å². The quantitative estimate of drug-likeness (QED) is 0.889. The number of hydrogen-bond donors (Lipinski definition) is 1. The van der Waals surface area contributed by atoms with Gasteiger partial charge in [-0.15, -0.1) is 0 Å². The van der Waals surface area contributed by atoms with Crippen molar-refractivity contribution >= 4 is 17.2 Å². The number of carbonyl (C=O) groups excluding carboxylic acids is 1. The Morgan fingerprint density at radius 1 is 1.35 bits per heavy atom. The summed E-state index contributed by atoms with van der Waals surface area (Å²) >= 11 is 0. The van der Waals surface area contributed by atoms with Crippen molar-refractivity contribution in [3.63, 3.8) is 0 Å². The Balaban J connectivity index is 1.69. The first-order chi connectivity index (χ1) is 9.44. The van der Waals surface area contributed by atoms with Crippen molar-refractivity contribution in [1.82, 2.24) is 19.9 Å². The summed E-state index contributed by atoms with van der Waals surface area (Å²) in [7, 11) is 0. The second-order valence-corrected chi connectivity index (χ2v) is 6.25. The number of fused-ring (bicyclic) bond motifs is 1. The lowest BCUT2D eigenvalue weighted by molar-refractivity contribution is -0.127. The molecule has 3 heterocycles. The molecule has 1 fully saturated rings. The van der Waals surface area contributed by atoms with Gasteiger partial charge in [0.15, 0.2) is 5.82 Å². The fourth-order valence-electron chi connectivity index (χ4n) is 2.38. The molecule has 1 saturated heterocycles. The second-order valence-electron chi connectivity index (χ2n) is 6.25. The van der Waals surface area contributed by atoms with Crippen LogP contribution in [0.15, 0.2) is 24.7 Å². The standard InChI is InChI=1S/C14H19N5O/c1-14(2,3)17-13(20)10-8-18(9-10)12-11-4-5-16-19(11)7-6-15-12/h4-7,10H,8-9H2,1-3H3,(H,17,20). The number of hydrogen-bond acceptors (Lipinski definition) is 4. The Labute approximate surface area is 117 Å². The van der Waals surface area contributed by atoms with Crippen molar-refractivity contribution in [2.45, 2.75) is 26.3 Å². The van der Waals surface area contributed by atoms with Gasteiger partial charge < -0.3 is 10.2 Å². The maximum absolute atomic E-state index is 12.1. The highest BCUT2D eigenvalue weighted by Gasteiger charge is 2.35. The van der Waals surface area contributed by atoms with E-state index in [9.17, 15) is 4.79 Å². The van der Waals surface area contributed by atoms with E-state index in [1.807, 2.05) is 33.0 Å². The fourth-order valence-corrected chi connectivity index (χ4v) is 2.38. The molecule has 0 saturated carbocycles. The second kappa shape index (κ2) is 4.47. The van der Waals surface area contributed by atoms with Gasteiger partial charge in [-0.25, -0.2) is 9.50 Å². The highest BCUT2D eigenvalue weighted by atomic mass is 16.2. The van der Waals surface area contributed by atoms with E-state index < -0.39 is 0 Å². The van der Waals surface area contributed by atoms with Crippen LogP contribution in [0.1, 0.15) is 20.8 Å². The molecule has 3 rings (SSSR count). The predicted octanol–water partition coefficient (Wildman–Crippen LogP) is 1.08. The molecule has 0 spiro atoms. The molecule has 1 N–H and O–H groups in total. The van der Waals surface area contributed by atoms with E-state index in [1.165, 1.54) is 0 Å². The number of aromatic nitrogens is 3. The maximum atomic E-state index is 12.1. The lowest BCUT2D eigenvalue weighted by Gasteiger charge is -2.40. The van der Waals surface area contributed by atoms with Gasteiger partial charge in [0.05, 0.1) is 12.1 Å². The minimum Gasteiger partial charge on any atom is -0.353 e. The Hall–Kier alpha value is -2.11. The molecule has 6 heteroatoms. The van der Waals surface area contributed by atoms with Crippen molar-refractivity contribution in [3.05, 3.63) is 24.7 Å². The van der Waals surface area contributed by atoms with Crippen LogP contribution in [0.5, 0.6) is 0 Å². The summed E-state index contributed by atoms with van der Waals surface area (Å²) in [6, 6.07) is 1.94. The van der Waals surface area contributed by atoms with Gasteiger partial charge in [-0.2, -0.15) is 5.10 Å². The van der Waals surface area contributed by atoms with E-state index in [4.69, 9.17) is 0 Å². The van der Waals surface area contributed by atoms with Gasteiger partial charge in [-0.05, 0) is 26.8 Å². The van der Waals surface area contributed by atoms with Crippen LogP contribution in [0.25, 0.3) is 5.52 Å². The van der Waals surface area contributed by atoms with Crippen molar-refractivity contribution in [2.24, 2.45) is 5.92 Å². The number of carbonyl (C=O) groups is 1. The van der Waals surface area contributed by atoms with Crippen molar-refractivity contribution in [1.29, 1.82) is 0 Å². The average Bonchev–Trinajstić information content (AvgIpc) is 2.73. The third-order valence-electron chi connectivity index (χ3n) is 3.35. The molecule has 0 unspecified atom stereocenters. The van der Waals surface area contributed by atoms with Crippen LogP contribution in [0.3, 0.4) is 0 Å². The van der Waals surface area contributed by atoms with Crippen molar-refractivity contribution in [3.8, 4) is 0 Å². The first kappa shape index (κ1) is 12.9. The van der Waals surface area contributed by atoms with E-state index in [0.29, 0.717) is 13.1 Å². The summed E-state index contributed by atoms with van der Waals surface area (Å²) in [5.41, 5.74) is 0.795. The number of rotatable bonds is 2. The van der Waals surface area contributed by atoms with E-state index in [0.717, 1.165) is 11.3 Å². The highest BCUT2D eigenvalue weighted by Crippen LogP contribution is 2.26. The summed E-state index contributed by atoms with van der Waals surface area (Å²) in [4.78, 5) is 18.6. The summed E-state index contributed by atoms with van der Waals surface area (Å²) < 4.78 is 1.80. The van der Waals surface area contributed by atoms with E-state index in [2.05, 4.69) is 20.3 Å². The molecule has 2 aromatic rings.